The second-order valence-corrected chi connectivity index (χ2v) is 8.17. The maximum Gasteiger partial charge on any atom is 0.283 e. The Labute approximate surface area is 189 Å². The number of anilines is 2. The highest BCUT2D eigenvalue weighted by Gasteiger charge is 2.23. The standard InChI is InChI=1S/C19H25ClN8O2S/c20-15-17(23)27-16(22)14(26-15)18(30)28(19(24)25)9-2-1-3-11-4-6-12(7-5-11)31-10-8-13(21)29/h4-7H,1-3,8-10H2,(H2,21,29)(H3,24,25)(H4,22,23,27). The Morgan fingerprint density at radius 1 is 1.06 bits per heavy atom. The monoisotopic (exact) mass is 464 g/mol. The summed E-state index contributed by atoms with van der Waals surface area (Å²) in [6.45, 7) is 0.221. The third-order valence-electron chi connectivity index (χ3n) is 4.28. The Hall–Kier alpha value is -3.05. The molecule has 1 heterocycles. The lowest BCUT2D eigenvalue weighted by Crippen LogP contribution is -2.42. The fourth-order valence-corrected chi connectivity index (χ4v) is 3.67. The molecule has 12 heteroatoms. The molecule has 0 fully saturated rings. The minimum atomic E-state index is -0.656. The van der Waals surface area contributed by atoms with Gasteiger partial charge in [0.2, 0.25) is 5.91 Å². The molecule has 31 heavy (non-hydrogen) atoms. The number of unbranched alkanes of at least 4 members (excludes halogenated alkanes) is 1. The number of rotatable bonds is 10. The van der Waals surface area contributed by atoms with E-state index in [1.165, 1.54) is 0 Å². The first kappa shape index (κ1) is 24.2. The molecule has 0 atom stereocenters. The van der Waals surface area contributed by atoms with E-state index < -0.39 is 11.9 Å². The first-order valence-electron chi connectivity index (χ1n) is 9.43. The lowest BCUT2D eigenvalue weighted by Gasteiger charge is -2.20. The number of aryl methyl sites for hydroxylation is 1. The number of primary amides is 1. The summed E-state index contributed by atoms with van der Waals surface area (Å²) in [4.78, 5) is 33.3. The number of hydrogen-bond donors (Lipinski definition) is 5. The van der Waals surface area contributed by atoms with Crippen molar-refractivity contribution in [3.05, 3.63) is 40.7 Å². The van der Waals surface area contributed by atoms with Crippen LogP contribution in [0.25, 0.3) is 0 Å². The van der Waals surface area contributed by atoms with Crippen LogP contribution in [0.1, 0.15) is 35.3 Å². The highest BCUT2D eigenvalue weighted by Crippen LogP contribution is 2.21. The Bertz CT molecular complexity index is 955. The van der Waals surface area contributed by atoms with Gasteiger partial charge in [0, 0.05) is 23.6 Å². The van der Waals surface area contributed by atoms with Crippen molar-refractivity contribution in [2.24, 2.45) is 11.5 Å². The van der Waals surface area contributed by atoms with Crippen molar-refractivity contribution in [1.29, 1.82) is 5.41 Å². The molecule has 2 aromatic rings. The molecular formula is C19H25ClN8O2S. The number of amides is 2. The highest BCUT2D eigenvalue weighted by atomic mass is 35.5. The van der Waals surface area contributed by atoms with Gasteiger partial charge in [-0.05, 0) is 37.0 Å². The number of halogens is 1. The Kier molecular flexibility index (Phi) is 8.88. The van der Waals surface area contributed by atoms with Crippen molar-refractivity contribution < 1.29 is 9.59 Å². The third kappa shape index (κ3) is 7.30. The minimum Gasteiger partial charge on any atom is -0.382 e. The van der Waals surface area contributed by atoms with Crippen molar-refractivity contribution >= 4 is 52.8 Å². The van der Waals surface area contributed by atoms with E-state index in [1.54, 1.807) is 11.8 Å². The number of aromatic nitrogens is 2. The van der Waals surface area contributed by atoms with Crippen LogP contribution in [0.4, 0.5) is 11.6 Å². The maximum atomic E-state index is 12.7. The number of carbonyl (C=O) groups is 2. The zero-order chi connectivity index (χ0) is 23.0. The molecule has 166 valence electrons. The second kappa shape index (κ2) is 11.4. The molecule has 0 radical (unpaired) electrons. The molecule has 0 aliphatic heterocycles. The van der Waals surface area contributed by atoms with Crippen LogP contribution < -0.4 is 22.9 Å². The number of guanidine groups is 1. The zero-order valence-corrected chi connectivity index (χ0v) is 18.4. The zero-order valence-electron chi connectivity index (χ0n) is 16.8. The largest absolute Gasteiger partial charge is 0.382 e. The first-order chi connectivity index (χ1) is 14.7. The van der Waals surface area contributed by atoms with Gasteiger partial charge in [-0.2, -0.15) is 0 Å². The summed E-state index contributed by atoms with van der Waals surface area (Å²) in [6.07, 6.45) is 2.52. The molecule has 2 amide bonds. The molecular weight excluding hydrogens is 440 g/mol. The minimum absolute atomic E-state index is 0.0811. The van der Waals surface area contributed by atoms with E-state index in [4.69, 9.17) is 39.9 Å². The number of nitrogens with one attached hydrogen (secondary N) is 1. The Balaban J connectivity index is 1.88. The molecule has 2 rings (SSSR count). The lowest BCUT2D eigenvalue weighted by atomic mass is 10.1. The van der Waals surface area contributed by atoms with Gasteiger partial charge >= 0.3 is 0 Å². The van der Waals surface area contributed by atoms with Crippen LogP contribution in [-0.2, 0) is 11.2 Å². The van der Waals surface area contributed by atoms with E-state index in [0.717, 1.165) is 28.2 Å². The van der Waals surface area contributed by atoms with Crippen LogP contribution >= 0.6 is 23.4 Å². The lowest BCUT2D eigenvalue weighted by molar-refractivity contribution is -0.117. The average Bonchev–Trinajstić information content (AvgIpc) is 2.70. The number of carbonyl (C=O) groups excluding carboxylic acids is 2. The van der Waals surface area contributed by atoms with Crippen LogP contribution in [0.3, 0.4) is 0 Å². The summed E-state index contributed by atoms with van der Waals surface area (Å²) < 4.78 is 0. The second-order valence-electron chi connectivity index (χ2n) is 6.64. The number of nitrogens with two attached hydrogens (primary N) is 4. The summed E-state index contributed by atoms with van der Waals surface area (Å²) >= 11 is 7.41. The molecule has 10 nitrogen and oxygen atoms in total. The van der Waals surface area contributed by atoms with E-state index in [9.17, 15) is 9.59 Å². The summed E-state index contributed by atoms with van der Waals surface area (Å²) in [5.74, 6) is -0.989. The van der Waals surface area contributed by atoms with Gasteiger partial charge in [-0.25, -0.2) is 9.97 Å². The van der Waals surface area contributed by atoms with Crippen molar-refractivity contribution in [3.8, 4) is 0 Å². The van der Waals surface area contributed by atoms with Gasteiger partial charge in [-0.3, -0.25) is 19.9 Å². The number of nitrogens with zero attached hydrogens (tertiary/aromatic N) is 3. The molecule has 1 aromatic carbocycles. The smallest absolute Gasteiger partial charge is 0.283 e. The Morgan fingerprint density at radius 2 is 1.74 bits per heavy atom. The van der Waals surface area contributed by atoms with Gasteiger partial charge in [0.15, 0.2) is 28.4 Å². The van der Waals surface area contributed by atoms with Crippen molar-refractivity contribution in [1.82, 2.24) is 14.9 Å². The molecule has 0 aliphatic carbocycles. The number of hydrogen-bond acceptors (Lipinski definition) is 8. The fraction of sp³-hybridized carbons (Fsp3) is 0.316. The normalized spacial score (nSPS) is 10.6. The third-order valence-corrected chi connectivity index (χ3v) is 5.57. The maximum absolute atomic E-state index is 12.7. The molecule has 9 N–H and O–H groups in total. The number of thioether (sulfide) groups is 1. The summed E-state index contributed by atoms with van der Waals surface area (Å²) in [5, 5.41) is 7.57. The van der Waals surface area contributed by atoms with Crippen molar-refractivity contribution in [2.45, 2.75) is 30.6 Å². The van der Waals surface area contributed by atoms with Gasteiger partial charge in [0.25, 0.3) is 5.91 Å². The molecule has 0 aliphatic rings. The van der Waals surface area contributed by atoms with Crippen molar-refractivity contribution in [2.75, 3.05) is 23.8 Å². The Morgan fingerprint density at radius 3 is 2.35 bits per heavy atom. The van der Waals surface area contributed by atoms with Crippen LogP contribution in [0.5, 0.6) is 0 Å². The molecule has 0 saturated heterocycles. The highest BCUT2D eigenvalue weighted by molar-refractivity contribution is 7.99. The van der Waals surface area contributed by atoms with Gasteiger partial charge in [-0.15, -0.1) is 11.8 Å². The predicted octanol–water partition coefficient (Wildman–Crippen LogP) is 1.62. The number of nitrogen functional groups attached to an aromatic ring is 2. The molecule has 0 saturated carbocycles. The van der Waals surface area contributed by atoms with E-state index in [-0.39, 0.29) is 34.9 Å². The van der Waals surface area contributed by atoms with E-state index in [0.29, 0.717) is 18.6 Å². The molecule has 1 aromatic heterocycles. The van der Waals surface area contributed by atoms with Gasteiger partial charge < -0.3 is 22.9 Å². The average molecular weight is 465 g/mol. The SMILES string of the molecule is N=C(N)N(CCCCc1ccc(SCCC(N)=O)cc1)C(=O)c1nc(Cl)c(N)nc1N. The van der Waals surface area contributed by atoms with E-state index in [2.05, 4.69) is 9.97 Å². The van der Waals surface area contributed by atoms with Gasteiger partial charge in [0.05, 0.1) is 0 Å². The van der Waals surface area contributed by atoms with Crippen LogP contribution in [0.2, 0.25) is 5.15 Å². The summed E-state index contributed by atoms with van der Waals surface area (Å²) in [5.41, 5.74) is 22.9. The van der Waals surface area contributed by atoms with Gasteiger partial charge in [0.1, 0.15) is 0 Å². The summed E-state index contributed by atoms with van der Waals surface area (Å²) in [6, 6.07) is 8.04. The van der Waals surface area contributed by atoms with Crippen LogP contribution in [0.15, 0.2) is 29.2 Å². The van der Waals surface area contributed by atoms with Crippen molar-refractivity contribution in [3.63, 3.8) is 0 Å². The van der Waals surface area contributed by atoms with E-state index >= 15 is 0 Å². The number of benzene rings is 1. The molecule has 0 spiro atoms. The van der Waals surface area contributed by atoms with Crippen LogP contribution in [0, 0.1) is 5.41 Å². The topological polar surface area (TPSA) is 191 Å². The molecule has 0 unspecified atom stereocenters. The predicted molar refractivity (Wildman–Crippen MR) is 123 cm³/mol. The fourth-order valence-electron chi connectivity index (χ4n) is 2.68. The first-order valence-corrected chi connectivity index (χ1v) is 10.8. The van der Waals surface area contributed by atoms with Gasteiger partial charge in [-0.1, -0.05) is 23.7 Å². The van der Waals surface area contributed by atoms with Crippen LogP contribution in [-0.4, -0.2) is 44.9 Å². The summed E-state index contributed by atoms with van der Waals surface area (Å²) in [7, 11) is 0. The quantitative estimate of drug-likeness (QED) is 0.151. The molecule has 0 bridgehead atoms. The van der Waals surface area contributed by atoms with E-state index in [1.807, 2.05) is 24.3 Å².